The Bertz CT molecular complexity index is 3120. The number of nitro groups is 2. The lowest BCUT2D eigenvalue weighted by molar-refractivity contribution is -0.396. The van der Waals surface area contributed by atoms with E-state index in [1.165, 1.54) is 35.6 Å². The second kappa shape index (κ2) is 13.0. The van der Waals surface area contributed by atoms with Crippen LogP contribution in [-0.4, -0.2) is 35.1 Å². The van der Waals surface area contributed by atoms with E-state index in [1.807, 2.05) is 72.8 Å². The minimum Gasteiger partial charge on any atom is -0.471 e. The number of carbonyl (C=O) groups excluding carboxylic acids is 1. The first-order chi connectivity index (χ1) is 28.1. The monoisotopic (exact) mass is 772 g/mol. The van der Waals surface area contributed by atoms with Gasteiger partial charge in [-0.2, -0.15) is 0 Å². The molecule has 0 amide bonds. The molecule has 0 saturated carbocycles. The maximum atomic E-state index is 14.3. The van der Waals surface area contributed by atoms with Crippen LogP contribution in [0.5, 0.6) is 0 Å². The fourth-order valence-corrected chi connectivity index (χ4v) is 8.00. The van der Waals surface area contributed by atoms with Crippen LogP contribution < -0.4 is 0 Å². The Hall–Kier alpha value is -8.07. The number of hydrogen-bond donors (Lipinski definition) is 0. The highest BCUT2D eigenvalue weighted by Gasteiger charge is 2.34. The standard InChI is InChI=1S/C43H28N6O9/c1-46-37(17-44-41(46)48(51)52)39(25-5-3-23-7-11-31-29(33(23)15-25)13-9-27-19-55-21-35(27)31)57-43(50)58-40(38-18-45-42(47(38)2)49(53)54)26-6-4-24-8-12-32-30(34(24)16-26)14-10-28-20-56-22-36(28)32/h3-22,39-40H,1-2H3. The molecular weight excluding hydrogens is 745 g/mol. The SMILES string of the molecule is Cn1c(C(OC(=O)OC(c2ccc3ccc4c5cocc5ccc4c3c2)c2cnc([N+](=O)[O-])n2C)c2ccc3ccc4c5cocc5ccc4c3c2)cnc1[N+](=O)[O-]. The molecule has 10 rings (SSSR count). The zero-order chi connectivity index (χ0) is 39.8. The molecule has 0 aliphatic heterocycles. The van der Waals surface area contributed by atoms with Crippen LogP contribution in [0.1, 0.15) is 34.7 Å². The number of furan rings is 2. The second-order valence-electron chi connectivity index (χ2n) is 14.0. The first-order valence-corrected chi connectivity index (χ1v) is 18.0. The number of carbonyl (C=O) groups is 1. The minimum atomic E-state index is -1.24. The summed E-state index contributed by atoms with van der Waals surface area (Å²) in [6.07, 6.45) is 5.66. The highest BCUT2D eigenvalue weighted by molar-refractivity contribution is 6.18. The first kappa shape index (κ1) is 34.4. The molecule has 0 aliphatic carbocycles. The van der Waals surface area contributed by atoms with Crippen LogP contribution in [0.15, 0.2) is 131 Å². The van der Waals surface area contributed by atoms with Crippen LogP contribution in [0, 0.1) is 20.2 Å². The van der Waals surface area contributed by atoms with Gasteiger partial charge in [-0.15, -0.1) is 0 Å². The summed E-state index contributed by atoms with van der Waals surface area (Å²) in [4.78, 5) is 44.8. The third-order valence-corrected chi connectivity index (χ3v) is 10.9. The van der Waals surface area contributed by atoms with Gasteiger partial charge in [-0.3, -0.25) is 0 Å². The molecule has 2 atom stereocenters. The summed E-state index contributed by atoms with van der Waals surface area (Å²) in [5.41, 5.74) is 1.38. The Labute approximate surface area is 325 Å². The normalized spacial score (nSPS) is 12.9. The molecule has 4 heterocycles. The van der Waals surface area contributed by atoms with E-state index < -0.39 is 40.1 Å². The van der Waals surface area contributed by atoms with Crippen molar-refractivity contribution in [2.75, 3.05) is 0 Å². The van der Waals surface area contributed by atoms with Crippen molar-refractivity contribution in [2.45, 2.75) is 12.2 Å². The van der Waals surface area contributed by atoms with Gasteiger partial charge in [-0.25, -0.2) is 13.9 Å². The van der Waals surface area contributed by atoms with Gasteiger partial charge in [0.1, 0.15) is 12.4 Å². The highest BCUT2D eigenvalue weighted by Crippen LogP contribution is 2.39. The number of imidazole rings is 2. The Morgan fingerprint density at radius 2 is 0.931 bits per heavy atom. The average Bonchev–Trinajstić information content (AvgIpc) is 4.05. The third kappa shape index (κ3) is 5.39. The molecule has 58 heavy (non-hydrogen) atoms. The lowest BCUT2D eigenvalue weighted by Crippen LogP contribution is -2.20. The van der Waals surface area contributed by atoms with Gasteiger partial charge < -0.3 is 38.5 Å². The molecule has 284 valence electrons. The topological polar surface area (TPSA) is 184 Å². The van der Waals surface area contributed by atoms with Crippen molar-refractivity contribution < 1.29 is 32.9 Å². The average molecular weight is 773 g/mol. The van der Waals surface area contributed by atoms with Crippen LogP contribution in [0.25, 0.3) is 64.6 Å². The molecule has 15 nitrogen and oxygen atoms in total. The van der Waals surface area contributed by atoms with Crippen molar-refractivity contribution in [3.8, 4) is 0 Å². The predicted octanol–water partition coefficient (Wildman–Crippen LogP) is 10.1. The van der Waals surface area contributed by atoms with E-state index in [0.717, 1.165) is 64.6 Å². The molecule has 0 aliphatic rings. The van der Waals surface area contributed by atoms with Gasteiger partial charge in [-0.1, -0.05) is 82.8 Å². The summed E-state index contributed by atoms with van der Waals surface area (Å²) in [7, 11) is 2.92. The van der Waals surface area contributed by atoms with Gasteiger partial charge in [0.05, 0.1) is 39.1 Å². The van der Waals surface area contributed by atoms with Crippen molar-refractivity contribution in [1.82, 2.24) is 19.1 Å². The molecule has 15 heteroatoms. The van der Waals surface area contributed by atoms with E-state index in [4.69, 9.17) is 18.3 Å². The molecule has 0 spiro atoms. The molecule has 0 saturated heterocycles. The van der Waals surface area contributed by atoms with Gasteiger partial charge in [-0.05, 0) is 65.1 Å². The van der Waals surface area contributed by atoms with Crippen molar-refractivity contribution >= 4 is 82.7 Å². The molecule has 6 aromatic carbocycles. The summed E-state index contributed by atoms with van der Waals surface area (Å²) in [6, 6.07) is 26.9. The number of ether oxygens (including phenoxy) is 2. The summed E-state index contributed by atoms with van der Waals surface area (Å²) < 4.78 is 25.7. The van der Waals surface area contributed by atoms with Gasteiger partial charge in [0.25, 0.3) is 0 Å². The van der Waals surface area contributed by atoms with E-state index in [-0.39, 0.29) is 11.4 Å². The zero-order valence-electron chi connectivity index (χ0n) is 30.6. The fraction of sp³-hybridized carbons (Fsp3) is 0.0930. The molecular formula is C43H28N6O9. The largest absolute Gasteiger partial charge is 0.510 e. The van der Waals surface area contributed by atoms with E-state index in [0.29, 0.717) is 11.1 Å². The van der Waals surface area contributed by atoms with E-state index in [9.17, 15) is 25.0 Å². The van der Waals surface area contributed by atoms with Gasteiger partial charge in [0.15, 0.2) is 23.6 Å². The molecule has 0 fully saturated rings. The molecule has 2 unspecified atom stereocenters. The van der Waals surface area contributed by atoms with Crippen LogP contribution in [-0.2, 0) is 23.6 Å². The van der Waals surface area contributed by atoms with Crippen molar-refractivity contribution in [3.63, 3.8) is 0 Å². The summed E-state index contributed by atoms with van der Waals surface area (Å²) in [5, 5.41) is 34.8. The van der Waals surface area contributed by atoms with E-state index >= 15 is 0 Å². The van der Waals surface area contributed by atoms with Crippen molar-refractivity contribution in [1.29, 1.82) is 0 Å². The number of hydrogen-bond acceptors (Lipinski definition) is 11. The molecule has 4 aromatic heterocycles. The molecule has 0 N–H and O–H groups in total. The first-order valence-electron chi connectivity index (χ1n) is 18.0. The lowest BCUT2D eigenvalue weighted by atomic mass is 9.95. The maximum absolute atomic E-state index is 14.3. The van der Waals surface area contributed by atoms with Crippen LogP contribution in [0.2, 0.25) is 0 Å². The Morgan fingerprint density at radius 1 is 0.552 bits per heavy atom. The van der Waals surface area contributed by atoms with Crippen LogP contribution >= 0.6 is 0 Å². The van der Waals surface area contributed by atoms with Gasteiger partial charge in [0.2, 0.25) is 0 Å². The van der Waals surface area contributed by atoms with E-state index in [1.54, 1.807) is 37.2 Å². The second-order valence-corrected chi connectivity index (χ2v) is 14.0. The quantitative estimate of drug-likeness (QED) is 0.0619. The van der Waals surface area contributed by atoms with Gasteiger partial charge >= 0.3 is 18.1 Å². The maximum Gasteiger partial charge on any atom is 0.510 e. The summed E-state index contributed by atoms with van der Waals surface area (Å²) in [5.74, 6) is -0.913. The van der Waals surface area contributed by atoms with Crippen LogP contribution in [0.4, 0.5) is 16.7 Å². The molecule has 0 bridgehead atoms. The lowest BCUT2D eigenvalue weighted by Gasteiger charge is -2.21. The summed E-state index contributed by atoms with van der Waals surface area (Å²) in [6.45, 7) is 0. The number of fused-ring (bicyclic) bond motifs is 10. The number of rotatable bonds is 8. The predicted molar refractivity (Wildman–Crippen MR) is 213 cm³/mol. The minimum absolute atomic E-state index is 0.205. The van der Waals surface area contributed by atoms with Gasteiger partial charge in [0, 0.05) is 32.7 Å². The molecule has 10 aromatic rings. The Kier molecular flexibility index (Phi) is 7.72. The van der Waals surface area contributed by atoms with E-state index in [2.05, 4.69) is 9.97 Å². The smallest absolute Gasteiger partial charge is 0.471 e. The summed E-state index contributed by atoms with van der Waals surface area (Å²) >= 11 is 0. The zero-order valence-corrected chi connectivity index (χ0v) is 30.6. The Balaban J connectivity index is 1.09. The van der Waals surface area contributed by atoms with Crippen LogP contribution in [0.3, 0.4) is 0 Å². The number of aromatic nitrogens is 4. The molecule has 0 radical (unpaired) electrons. The number of benzene rings is 6. The third-order valence-electron chi connectivity index (χ3n) is 10.9. The van der Waals surface area contributed by atoms with Crippen molar-refractivity contribution in [2.24, 2.45) is 14.1 Å². The van der Waals surface area contributed by atoms with Crippen molar-refractivity contribution in [3.05, 3.63) is 165 Å². The fourth-order valence-electron chi connectivity index (χ4n) is 8.00. The highest BCUT2D eigenvalue weighted by atomic mass is 16.7. The number of nitrogens with zero attached hydrogens (tertiary/aromatic N) is 6. The Morgan fingerprint density at radius 3 is 1.33 bits per heavy atom.